The van der Waals surface area contributed by atoms with Crippen LogP contribution in [0.5, 0.6) is 5.75 Å². The summed E-state index contributed by atoms with van der Waals surface area (Å²) < 4.78 is 8.18. The van der Waals surface area contributed by atoms with Crippen molar-refractivity contribution in [2.75, 3.05) is 6.61 Å². The normalized spacial score (nSPS) is 10.6. The highest BCUT2D eigenvalue weighted by molar-refractivity contribution is 9.10. The minimum Gasteiger partial charge on any atom is -0.493 e. The predicted octanol–water partition coefficient (Wildman–Crippen LogP) is 3.65. The molecule has 27 heavy (non-hydrogen) atoms. The minimum atomic E-state index is -0.437. The van der Waals surface area contributed by atoms with Gasteiger partial charge in [-0.25, -0.2) is 0 Å². The first-order valence-electron chi connectivity index (χ1n) is 8.64. The van der Waals surface area contributed by atoms with Crippen LogP contribution in [0.1, 0.15) is 23.7 Å². The Kier molecular flexibility index (Phi) is 6.13. The van der Waals surface area contributed by atoms with Crippen LogP contribution in [0.3, 0.4) is 0 Å². The van der Waals surface area contributed by atoms with Crippen molar-refractivity contribution in [1.29, 1.82) is 0 Å². The molecule has 6 nitrogen and oxygen atoms in total. The number of para-hydroxylation sites is 1. The van der Waals surface area contributed by atoms with Crippen molar-refractivity contribution in [2.24, 2.45) is 0 Å². The van der Waals surface area contributed by atoms with Gasteiger partial charge in [0, 0.05) is 16.2 Å². The van der Waals surface area contributed by atoms with Crippen molar-refractivity contribution in [3.05, 3.63) is 64.8 Å². The zero-order chi connectivity index (χ0) is 19.2. The van der Waals surface area contributed by atoms with Gasteiger partial charge in [0.15, 0.2) is 0 Å². The second-order valence-corrected chi connectivity index (χ2v) is 6.91. The van der Waals surface area contributed by atoms with Gasteiger partial charge in [0.2, 0.25) is 0 Å². The topological polar surface area (TPSA) is 72.4 Å². The maximum absolute atomic E-state index is 12.5. The van der Waals surface area contributed by atoms with Crippen LogP contribution in [0, 0.1) is 0 Å². The van der Waals surface area contributed by atoms with E-state index < -0.39 is 5.91 Å². The van der Waals surface area contributed by atoms with Gasteiger partial charge in [-0.15, -0.1) is 0 Å². The fourth-order valence-corrected chi connectivity index (χ4v) is 3.05. The number of hydrogen-bond donors (Lipinski definition) is 2. The molecule has 2 amide bonds. The van der Waals surface area contributed by atoms with E-state index in [0.717, 1.165) is 21.8 Å². The summed E-state index contributed by atoms with van der Waals surface area (Å²) in [6.07, 6.45) is 2.68. The smallest absolute Gasteiger partial charge is 0.273 e. The Morgan fingerprint density at radius 3 is 2.74 bits per heavy atom. The molecule has 0 radical (unpaired) electrons. The number of amides is 2. The average molecular weight is 430 g/mol. The van der Waals surface area contributed by atoms with Gasteiger partial charge >= 0.3 is 0 Å². The van der Waals surface area contributed by atoms with Crippen LogP contribution in [0.25, 0.3) is 10.9 Å². The van der Waals surface area contributed by atoms with Crippen LogP contribution in [0.2, 0.25) is 0 Å². The third kappa shape index (κ3) is 4.68. The summed E-state index contributed by atoms with van der Waals surface area (Å²) >= 11 is 3.35. The van der Waals surface area contributed by atoms with E-state index in [1.54, 1.807) is 18.2 Å². The Morgan fingerprint density at radius 2 is 1.93 bits per heavy atom. The molecule has 0 bridgehead atoms. The second kappa shape index (κ2) is 8.73. The first-order valence-corrected chi connectivity index (χ1v) is 9.43. The molecule has 0 aliphatic rings. The maximum atomic E-state index is 12.5. The standard InChI is InChI=1S/C20H20BrN3O3/c1-2-11-27-18-8-7-15(21)12-16(18)20(26)23-22-19(25)13-24-10-9-14-5-3-4-6-17(14)24/h3-10,12H,2,11,13H2,1H3,(H,22,25)(H,23,26). The number of ether oxygens (including phenoxy) is 1. The molecule has 2 N–H and O–H groups in total. The van der Waals surface area contributed by atoms with E-state index in [1.165, 1.54) is 0 Å². The number of carbonyl (C=O) groups excluding carboxylic acids is 2. The highest BCUT2D eigenvalue weighted by atomic mass is 79.9. The lowest BCUT2D eigenvalue weighted by Gasteiger charge is -2.13. The van der Waals surface area contributed by atoms with Crippen molar-refractivity contribution in [1.82, 2.24) is 15.4 Å². The largest absolute Gasteiger partial charge is 0.493 e. The third-order valence-electron chi connectivity index (χ3n) is 3.96. The molecule has 0 atom stereocenters. The molecular formula is C20H20BrN3O3. The number of hydrogen-bond acceptors (Lipinski definition) is 3. The van der Waals surface area contributed by atoms with Crippen LogP contribution in [0.15, 0.2) is 59.2 Å². The minimum absolute atomic E-state index is 0.103. The molecule has 0 aliphatic carbocycles. The molecule has 3 rings (SSSR count). The molecular weight excluding hydrogens is 410 g/mol. The first-order chi connectivity index (χ1) is 13.1. The summed E-state index contributed by atoms with van der Waals surface area (Å²) in [5.74, 6) is -0.285. The van der Waals surface area contributed by atoms with Crippen LogP contribution < -0.4 is 15.6 Å². The fourth-order valence-electron chi connectivity index (χ4n) is 2.68. The van der Waals surface area contributed by atoms with Crippen molar-refractivity contribution < 1.29 is 14.3 Å². The molecule has 0 saturated heterocycles. The zero-order valence-electron chi connectivity index (χ0n) is 14.9. The van der Waals surface area contributed by atoms with Gasteiger partial charge in [0.05, 0.1) is 12.2 Å². The van der Waals surface area contributed by atoms with Crippen LogP contribution in [-0.2, 0) is 11.3 Å². The molecule has 0 fully saturated rings. The zero-order valence-corrected chi connectivity index (χ0v) is 16.5. The van der Waals surface area contributed by atoms with Crippen LogP contribution >= 0.6 is 15.9 Å². The molecule has 0 saturated carbocycles. The summed E-state index contributed by atoms with van der Waals surface area (Å²) in [6, 6.07) is 14.9. The van der Waals surface area contributed by atoms with E-state index in [-0.39, 0.29) is 12.5 Å². The molecule has 0 aliphatic heterocycles. The van der Waals surface area contributed by atoms with Crippen molar-refractivity contribution >= 4 is 38.6 Å². The molecule has 1 heterocycles. The highest BCUT2D eigenvalue weighted by Crippen LogP contribution is 2.23. The lowest BCUT2D eigenvalue weighted by atomic mass is 10.2. The van der Waals surface area contributed by atoms with E-state index in [1.807, 2.05) is 48.0 Å². The van der Waals surface area contributed by atoms with E-state index >= 15 is 0 Å². The fraction of sp³-hybridized carbons (Fsp3) is 0.200. The number of hydrazine groups is 1. The predicted molar refractivity (Wildman–Crippen MR) is 107 cm³/mol. The maximum Gasteiger partial charge on any atom is 0.273 e. The van der Waals surface area contributed by atoms with Gasteiger partial charge in [-0.05, 0) is 42.1 Å². The molecule has 140 valence electrons. The first kappa shape index (κ1) is 19.0. The number of nitrogens with one attached hydrogen (secondary N) is 2. The molecule has 7 heteroatoms. The lowest BCUT2D eigenvalue weighted by molar-refractivity contribution is -0.122. The Labute approximate surface area is 165 Å². The van der Waals surface area contributed by atoms with Crippen molar-refractivity contribution in [3.8, 4) is 5.75 Å². The Balaban J connectivity index is 1.63. The lowest BCUT2D eigenvalue weighted by Crippen LogP contribution is -2.43. The molecule has 0 unspecified atom stereocenters. The SMILES string of the molecule is CCCOc1ccc(Br)cc1C(=O)NNC(=O)Cn1ccc2ccccc21. The summed E-state index contributed by atoms with van der Waals surface area (Å²) in [7, 11) is 0. The number of nitrogens with zero attached hydrogens (tertiary/aromatic N) is 1. The van der Waals surface area contributed by atoms with Crippen molar-refractivity contribution in [2.45, 2.75) is 19.9 Å². The Morgan fingerprint density at radius 1 is 1.11 bits per heavy atom. The third-order valence-corrected chi connectivity index (χ3v) is 4.45. The van der Waals surface area contributed by atoms with Crippen LogP contribution in [-0.4, -0.2) is 23.0 Å². The number of fused-ring (bicyclic) bond motifs is 1. The molecule has 2 aromatic carbocycles. The Bertz CT molecular complexity index is 968. The summed E-state index contributed by atoms with van der Waals surface area (Å²) in [4.78, 5) is 24.7. The average Bonchev–Trinajstić information content (AvgIpc) is 3.08. The molecule has 1 aromatic heterocycles. The summed E-state index contributed by atoms with van der Waals surface area (Å²) in [5.41, 5.74) is 6.22. The number of rotatable bonds is 6. The van der Waals surface area contributed by atoms with Gasteiger partial charge in [0.25, 0.3) is 11.8 Å². The summed E-state index contributed by atoms with van der Waals surface area (Å²) in [6.45, 7) is 2.60. The summed E-state index contributed by atoms with van der Waals surface area (Å²) in [5, 5.41) is 1.06. The van der Waals surface area contributed by atoms with E-state index in [9.17, 15) is 9.59 Å². The number of carbonyl (C=O) groups is 2. The highest BCUT2D eigenvalue weighted by Gasteiger charge is 2.14. The van der Waals surface area contributed by atoms with Crippen LogP contribution in [0.4, 0.5) is 0 Å². The van der Waals surface area contributed by atoms with Crippen molar-refractivity contribution in [3.63, 3.8) is 0 Å². The van der Waals surface area contributed by atoms with Gasteiger partial charge in [-0.3, -0.25) is 20.4 Å². The molecule has 3 aromatic rings. The number of halogens is 1. The van der Waals surface area contributed by atoms with Gasteiger partial charge < -0.3 is 9.30 Å². The van der Waals surface area contributed by atoms with Gasteiger partial charge in [-0.1, -0.05) is 41.1 Å². The van der Waals surface area contributed by atoms with E-state index in [4.69, 9.17) is 4.74 Å². The molecule has 0 spiro atoms. The van der Waals surface area contributed by atoms with Gasteiger partial charge in [-0.2, -0.15) is 0 Å². The van der Waals surface area contributed by atoms with E-state index in [0.29, 0.717) is 17.9 Å². The van der Waals surface area contributed by atoms with E-state index in [2.05, 4.69) is 26.8 Å². The second-order valence-electron chi connectivity index (χ2n) is 5.99. The number of aromatic nitrogens is 1. The Hall–Kier alpha value is -2.80. The quantitative estimate of drug-likeness (QED) is 0.587. The van der Waals surface area contributed by atoms with Gasteiger partial charge in [0.1, 0.15) is 12.3 Å². The monoisotopic (exact) mass is 429 g/mol. The number of benzene rings is 2.